The predicted octanol–water partition coefficient (Wildman–Crippen LogP) is 16.6. The van der Waals surface area contributed by atoms with Crippen molar-refractivity contribution in [2.45, 2.75) is 0 Å². The summed E-state index contributed by atoms with van der Waals surface area (Å²) < 4.78 is 14.0. The maximum absolute atomic E-state index is 3.64. The summed E-state index contributed by atoms with van der Waals surface area (Å²) in [6.07, 6.45) is 0. The van der Waals surface area contributed by atoms with E-state index in [1.54, 1.807) is 0 Å². The van der Waals surface area contributed by atoms with Crippen LogP contribution in [-0.4, -0.2) is 5.48 Å². The molecule has 15 heteroatoms. The van der Waals surface area contributed by atoms with Crippen molar-refractivity contribution in [1.29, 1.82) is 0 Å². The second-order valence-electron chi connectivity index (χ2n) is 7.18. The highest BCUT2D eigenvalue weighted by Gasteiger charge is 2.19. The van der Waals surface area contributed by atoms with Gasteiger partial charge in [-0.1, -0.05) is 63.7 Å². The van der Waals surface area contributed by atoms with Crippen LogP contribution in [0.2, 0.25) is 0 Å². The number of hydrogen-bond donors (Lipinski definition) is 0. The second-order valence-corrected chi connectivity index (χ2v) is 18.9. The van der Waals surface area contributed by atoms with Crippen LogP contribution < -0.4 is 0 Å². The third-order valence-corrected chi connectivity index (χ3v) is 17.7. The molecule has 0 saturated carbocycles. The molecule has 0 unspecified atom stereocenters. The minimum Gasteiger partial charge on any atom is -0.412 e. The molecule has 0 aliphatic carbocycles. The highest BCUT2D eigenvalue weighted by atomic mass is 79.9. The van der Waals surface area contributed by atoms with E-state index in [1.807, 2.05) is 24.3 Å². The van der Waals surface area contributed by atoms with Gasteiger partial charge in [0.1, 0.15) is 0 Å². The van der Waals surface area contributed by atoms with Crippen LogP contribution in [-0.2, 0) is 0 Å². The van der Waals surface area contributed by atoms with Gasteiger partial charge in [0.15, 0.2) is 0 Å². The zero-order valence-corrected chi connectivity index (χ0v) is 40.5. The van der Waals surface area contributed by atoms with Gasteiger partial charge in [-0.05, 0) is 207 Å². The van der Waals surface area contributed by atoms with Gasteiger partial charge in [0.25, 0.3) is 0 Å². The van der Waals surface area contributed by atoms with Gasteiger partial charge in [-0.3, -0.25) is 0 Å². The standard InChI is InChI=1S/2C12H3Br7.H2O/c2*13-5-2-7(15)6(14)1-4(5)10-8(16)3-9(17)11(18)12(10)19;/h2*1-3H;1H2. The minimum absolute atomic E-state index is 0. The number of benzene rings is 4. The lowest BCUT2D eigenvalue weighted by molar-refractivity contribution is 0.824. The van der Waals surface area contributed by atoms with Crippen LogP contribution in [0.15, 0.2) is 99.0 Å². The Morgan fingerprint density at radius 3 is 0.821 bits per heavy atom. The summed E-state index contributed by atoms with van der Waals surface area (Å²) in [5.41, 5.74) is 4.33. The fraction of sp³-hybridized carbons (Fsp3) is 0. The van der Waals surface area contributed by atoms with Crippen LogP contribution >= 0.6 is 223 Å². The van der Waals surface area contributed by atoms with E-state index in [4.69, 9.17) is 0 Å². The van der Waals surface area contributed by atoms with Gasteiger partial charge in [0, 0.05) is 73.7 Å². The van der Waals surface area contributed by atoms with Gasteiger partial charge in [0.2, 0.25) is 0 Å². The Morgan fingerprint density at radius 2 is 0.513 bits per heavy atom. The Kier molecular flexibility index (Phi) is 16.8. The van der Waals surface area contributed by atoms with E-state index in [1.165, 1.54) is 0 Å². The molecule has 0 spiro atoms. The number of hydrogen-bond acceptors (Lipinski definition) is 0. The van der Waals surface area contributed by atoms with E-state index in [0.717, 1.165) is 84.9 Å². The predicted molar refractivity (Wildman–Crippen MR) is 215 cm³/mol. The summed E-state index contributed by atoms with van der Waals surface area (Å²) >= 11 is 50.0. The first-order valence-corrected chi connectivity index (χ1v) is 20.7. The quantitative estimate of drug-likeness (QED) is 0.142. The van der Waals surface area contributed by atoms with Crippen LogP contribution in [0.1, 0.15) is 0 Å². The molecule has 0 saturated heterocycles. The Morgan fingerprint density at radius 1 is 0.256 bits per heavy atom. The second kappa shape index (κ2) is 16.9. The van der Waals surface area contributed by atoms with Crippen molar-refractivity contribution in [3.63, 3.8) is 0 Å². The van der Waals surface area contributed by atoms with E-state index in [2.05, 4.69) is 235 Å². The lowest BCUT2D eigenvalue weighted by atomic mass is 10.1. The summed E-state index contributed by atoms with van der Waals surface area (Å²) in [5.74, 6) is 0. The van der Waals surface area contributed by atoms with E-state index in [9.17, 15) is 0 Å². The first kappa shape index (κ1) is 38.7. The normalized spacial score (nSPS) is 10.6. The molecule has 208 valence electrons. The third-order valence-electron chi connectivity index (χ3n) is 4.79. The topological polar surface area (TPSA) is 31.5 Å². The fourth-order valence-electron chi connectivity index (χ4n) is 3.05. The van der Waals surface area contributed by atoms with Gasteiger partial charge >= 0.3 is 0 Å². The maximum Gasteiger partial charge on any atom is 0.0466 e. The highest BCUT2D eigenvalue weighted by molar-refractivity contribution is 9.15. The fourth-order valence-corrected chi connectivity index (χ4v) is 11.8. The lowest BCUT2D eigenvalue weighted by Crippen LogP contribution is -1.88. The molecule has 0 radical (unpaired) electrons. The largest absolute Gasteiger partial charge is 0.412 e. The van der Waals surface area contributed by atoms with Crippen LogP contribution in [0.3, 0.4) is 0 Å². The highest BCUT2D eigenvalue weighted by Crippen LogP contribution is 2.48. The average Bonchev–Trinajstić information content (AvgIpc) is 2.83. The third kappa shape index (κ3) is 9.32. The molecule has 0 amide bonds. The monoisotopic (exact) mass is 1420 g/mol. The van der Waals surface area contributed by atoms with Gasteiger partial charge < -0.3 is 5.48 Å². The summed E-state index contributed by atoms with van der Waals surface area (Å²) in [6.45, 7) is 0. The van der Waals surface area contributed by atoms with Crippen molar-refractivity contribution in [2.24, 2.45) is 0 Å². The first-order valence-electron chi connectivity index (χ1n) is 9.61. The first-order chi connectivity index (χ1) is 17.6. The molecular weight excluding hydrogens is 1420 g/mol. The SMILES string of the molecule is Brc1cc(Br)c(-c2c(Br)cc(Br)c(Br)c2Br)cc1Br.Brc1cc(Br)c(-c2c(Br)cc(Br)c(Br)c2Br)cc1Br.O. The Bertz CT molecular complexity index is 1450. The van der Waals surface area contributed by atoms with Crippen LogP contribution in [0.4, 0.5) is 0 Å². The molecule has 0 aliphatic rings. The minimum atomic E-state index is 0. The van der Waals surface area contributed by atoms with E-state index in [0.29, 0.717) is 0 Å². The molecule has 0 fully saturated rings. The van der Waals surface area contributed by atoms with Gasteiger partial charge in [-0.25, -0.2) is 0 Å². The smallest absolute Gasteiger partial charge is 0.0466 e. The van der Waals surface area contributed by atoms with E-state index < -0.39 is 0 Å². The van der Waals surface area contributed by atoms with Gasteiger partial charge in [-0.15, -0.1) is 0 Å². The van der Waals surface area contributed by atoms with Crippen molar-refractivity contribution in [3.05, 3.63) is 99.0 Å². The molecule has 2 N–H and O–H groups in total. The average molecular weight is 1430 g/mol. The molecule has 4 aromatic rings. The molecule has 0 atom stereocenters. The Labute approximate surface area is 343 Å². The molecule has 4 rings (SSSR count). The van der Waals surface area contributed by atoms with Crippen LogP contribution in [0.25, 0.3) is 22.3 Å². The molecule has 39 heavy (non-hydrogen) atoms. The van der Waals surface area contributed by atoms with Gasteiger partial charge in [-0.2, -0.15) is 0 Å². The Balaban J connectivity index is 0.000000267. The maximum atomic E-state index is 3.64. The van der Waals surface area contributed by atoms with Crippen molar-refractivity contribution in [3.8, 4) is 22.3 Å². The Hall–Kier alpha value is 3.56. The molecule has 0 aromatic heterocycles. The van der Waals surface area contributed by atoms with E-state index in [-0.39, 0.29) is 5.48 Å². The zero-order chi connectivity index (χ0) is 28.6. The molecule has 0 heterocycles. The molecular formula is C24H8Br14O. The van der Waals surface area contributed by atoms with Crippen molar-refractivity contribution < 1.29 is 5.48 Å². The van der Waals surface area contributed by atoms with Crippen molar-refractivity contribution >= 4 is 223 Å². The molecule has 1 nitrogen and oxygen atoms in total. The zero-order valence-electron chi connectivity index (χ0n) is 18.3. The van der Waals surface area contributed by atoms with Crippen molar-refractivity contribution in [1.82, 2.24) is 0 Å². The summed E-state index contributed by atoms with van der Waals surface area (Å²) in [4.78, 5) is 0. The summed E-state index contributed by atoms with van der Waals surface area (Å²) in [5, 5.41) is 0. The van der Waals surface area contributed by atoms with E-state index >= 15 is 0 Å². The number of halogens is 14. The van der Waals surface area contributed by atoms with Crippen LogP contribution in [0, 0.1) is 0 Å². The molecule has 0 aliphatic heterocycles. The van der Waals surface area contributed by atoms with Crippen molar-refractivity contribution in [2.75, 3.05) is 0 Å². The molecule has 4 aromatic carbocycles. The summed E-state index contributed by atoms with van der Waals surface area (Å²) in [7, 11) is 0. The number of rotatable bonds is 2. The van der Waals surface area contributed by atoms with Crippen LogP contribution in [0.5, 0.6) is 0 Å². The lowest BCUT2D eigenvalue weighted by Gasteiger charge is -2.14. The van der Waals surface area contributed by atoms with Gasteiger partial charge in [0.05, 0.1) is 0 Å². The summed E-state index contributed by atoms with van der Waals surface area (Å²) in [6, 6.07) is 12.2. The molecule has 0 bridgehead atoms.